The molecule has 0 aliphatic heterocycles. The monoisotopic (exact) mass is 407 g/mol. The third-order valence-electron chi connectivity index (χ3n) is 3.31. The van der Waals surface area contributed by atoms with E-state index in [4.69, 9.17) is 16.6 Å². The van der Waals surface area contributed by atoms with Gasteiger partial charge in [-0.15, -0.1) is 0 Å². The predicted molar refractivity (Wildman–Crippen MR) is 96.4 cm³/mol. The summed E-state index contributed by atoms with van der Waals surface area (Å²) >= 11 is 3.94. The summed E-state index contributed by atoms with van der Waals surface area (Å²) in [5, 5.41) is 25.3. The van der Waals surface area contributed by atoms with Crippen molar-refractivity contribution < 1.29 is 34.2 Å². The highest BCUT2D eigenvalue weighted by Crippen LogP contribution is 2.00. The Hall–Kier alpha value is -2.38. The molecule has 0 bridgehead atoms. The molecule has 0 heterocycles. The molecule has 0 radical (unpaired) electrons. The zero-order valence-corrected chi connectivity index (χ0v) is 15.7. The summed E-state index contributed by atoms with van der Waals surface area (Å²) in [5.41, 5.74) is 10.3. The molecule has 12 nitrogen and oxygen atoms in total. The van der Waals surface area contributed by atoms with Gasteiger partial charge in [-0.1, -0.05) is 0 Å². The van der Waals surface area contributed by atoms with Crippen LogP contribution >= 0.6 is 12.6 Å². The number of nitrogens with one attached hydrogen (secondary N) is 3. The van der Waals surface area contributed by atoms with E-state index in [2.05, 4.69) is 23.3 Å². The Balaban J connectivity index is 5.17. The van der Waals surface area contributed by atoms with Gasteiger partial charge in [0, 0.05) is 5.75 Å². The molecule has 27 heavy (non-hydrogen) atoms. The van der Waals surface area contributed by atoms with Crippen molar-refractivity contribution in [1.29, 1.82) is 0 Å². The Morgan fingerprint density at radius 3 is 1.85 bits per heavy atom. The molecule has 0 saturated carbocycles. The van der Waals surface area contributed by atoms with Gasteiger partial charge in [0.25, 0.3) is 0 Å². The summed E-state index contributed by atoms with van der Waals surface area (Å²) in [6.45, 7) is 2.59. The summed E-state index contributed by atoms with van der Waals surface area (Å²) in [5.74, 6) is -5.14. The number of carboxylic acids is 1. The topological polar surface area (TPSA) is 214 Å². The van der Waals surface area contributed by atoms with Crippen LogP contribution in [0.3, 0.4) is 0 Å². The van der Waals surface area contributed by atoms with Crippen molar-refractivity contribution in [3.63, 3.8) is 0 Å². The maximum atomic E-state index is 12.3. The van der Waals surface area contributed by atoms with Crippen LogP contribution in [-0.4, -0.2) is 75.8 Å². The van der Waals surface area contributed by atoms with Gasteiger partial charge in [0.1, 0.15) is 18.1 Å². The van der Waals surface area contributed by atoms with E-state index in [-0.39, 0.29) is 5.75 Å². The number of thiol groups is 1. The van der Waals surface area contributed by atoms with Crippen LogP contribution in [0.15, 0.2) is 0 Å². The number of aliphatic carboxylic acids is 1. The van der Waals surface area contributed by atoms with Gasteiger partial charge >= 0.3 is 5.97 Å². The largest absolute Gasteiger partial charge is 0.480 e. The molecule has 0 aliphatic rings. The number of carbonyl (C=O) groups excluding carboxylic acids is 4. The average Bonchev–Trinajstić information content (AvgIpc) is 2.55. The highest BCUT2D eigenvalue weighted by molar-refractivity contribution is 7.80. The maximum Gasteiger partial charge on any atom is 0.326 e. The van der Waals surface area contributed by atoms with Gasteiger partial charge in [0.2, 0.25) is 23.6 Å². The number of amides is 4. The van der Waals surface area contributed by atoms with Crippen LogP contribution in [0.25, 0.3) is 0 Å². The van der Waals surface area contributed by atoms with Gasteiger partial charge in [-0.25, -0.2) is 4.79 Å². The number of aliphatic hydroxyl groups excluding tert-OH is 1. The fourth-order valence-corrected chi connectivity index (χ4v) is 2.08. The Kier molecular flexibility index (Phi) is 10.4. The van der Waals surface area contributed by atoms with Crippen molar-refractivity contribution in [3.05, 3.63) is 0 Å². The Morgan fingerprint density at radius 1 is 0.963 bits per heavy atom. The Bertz CT molecular complexity index is 584. The number of primary amides is 1. The second-order valence-electron chi connectivity index (χ2n) is 5.83. The number of carboxylic acid groups (broad SMARTS) is 1. The summed E-state index contributed by atoms with van der Waals surface area (Å²) in [7, 11) is 0. The van der Waals surface area contributed by atoms with Gasteiger partial charge in [0.05, 0.1) is 18.6 Å². The van der Waals surface area contributed by atoms with E-state index in [9.17, 15) is 29.1 Å². The molecule has 0 fully saturated rings. The first-order chi connectivity index (χ1) is 12.4. The van der Waals surface area contributed by atoms with Crippen LogP contribution in [0.2, 0.25) is 0 Å². The van der Waals surface area contributed by atoms with Crippen molar-refractivity contribution >= 4 is 42.2 Å². The molecule has 0 rings (SSSR count). The lowest BCUT2D eigenvalue weighted by atomic mass is 10.1. The number of rotatable bonds is 11. The first kappa shape index (κ1) is 24.6. The number of aliphatic hydroxyl groups is 1. The van der Waals surface area contributed by atoms with Crippen LogP contribution in [-0.2, 0) is 24.0 Å². The third-order valence-corrected chi connectivity index (χ3v) is 3.68. The molecule has 0 aromatic heterocycles. The number of carbonyl (C=O) groups is 5. The number of hydrogen-bond acceptors (Lipinski definition) is 8. The molecule has 0 aromatic rings. The molecule has 154 valence electrons. The van der Waals surface area contributed by atoms with E-state index in [0.717, 1.165) is 0 Å². The second-order valence-corrected chi connectivity index (χ2v) is 6.19. The zero-order valence-electron chi connectivity index (χ0n) is 14.8. The van der Waals surface area contributed by atoms with E-state index in [1.807, 2.05) is 5.32 Å². The van der Waals surface area contributed by atoms with Crippen LogP contribution in [0.5, 0.6) is 0 Å². The van der Waals surface area contributed by atoms with E-state index in [1.165, 1.54) is 13.8 Å². The highest BCUT2D eigenvalue weighted by atomic mass is 32.1. The zero-order chi connectivity index (χ0) is 21.3. The molecule has 13 heteroatoms. The Labute approximate surface area is 160 Å². The van der Waals surface area contributed by atoms with E-state index in [1.54, 1.807) is 0 Å². The predicted octanol–water partition coefficient (Wildman–Crippen LogP) is -3.94. The fourth-order valence-electron chi connectivity index (χ4n) is 1.82. The minimum atomic E-state index is -1.63. The van der Waals surface area contributed by atoms with Crippen LogP contribution in [0.4, 0.5) is 0 Å². The normalized spacial score (nSPS) is 16.2. The smallest absolute Gasteiger partial charge is 0.326 e. The third kappa shape index (κ3) is 8.70. The van der Waals surface area contributed by atoms with Gasteiger partial charge in [-0.05, 0) is 13.8 Å². The van der Waals surface area contributed by atoms with Gasteiger partial charge in [-0.3, -0.25) is 19.2 Å². The lowest BCUT2D eigenvalue weighted by Gasteiger charge is -2.25. The molecule has 0 saturated heterocycles. The van der Waals surface area contributed by atoms with Crippen molar-refractivity contribution in [1.82, 2.24) is 16.0 Å². The maximum absolute atomic E-state index is 12.3. The van der Waals surface area contributed by atoms with Crippen LogP contribution in [0.1, 0.15) is 20.3 Å². The van der Waals surface area contributed by atoms with Crippen LogP contribution < -0.4 is 27.4 Å². The molecule has 5 atom stereocenters. The van der Waals surface area contributed by atoms with Gasteiger partial charge in [-0.2, -0.15) is 12.6 Å². The summed E-state index contributed by atoms with van der Waals surface area (Å²) < 4.78 is 0. The summed E-state index contributed by atoms with van der Waals surface area (Å²) in [6, 6.07) is -5.23. The average molecular weight is 407 g/mol. The van der Waals surface area contributed by atoms with E-state index < -0.39 is 66.3 Å². The Morgan fingerprint density at radius 2 is 1.48 bits per heavy atom. The molecule has 4 amide bonds. The second kappa shape index (κ2) is 11.4. The number of hydrogen-bond donors (Lipinski definition) is 8. The van der Waals surface area contributed by atoms with Crippen molar-refractivity contribution in [3.8, 4) is 0 Å². The molecular formula is C14H25N5O7S. The number of nitrogens with two attached hydrogens (primary N) is 2. The standard InChI is InChI=1S/C14H25N5O7S/c1-5(15)11(22)18-8(4-27)12(23)19-10(6(2)20)13(24)17-7(14(25)26)3-9(16)21/h5-8,10,20,27H,3-4,15H2,1-2H3,(H2,16,21)(H,17,24)(H,18,22)(H,19,23)(H,25,26). The lowest BCUT2D eigenvalue weighted by Crippen LogP contribution is -2.60. The summed E-state index contributed by atoms with van der Waals surface area (Å²) in [4.78, 5) is 58.1. The van der Waals surface area contributed by atoms with Gasteiger partial charge < -0.3 is 37.6 Å². The van der Waals surface area contributed by atoms with Crippen molar-refractivity contribution in [2.45, 2.75) is 50.5 Å². The minimum absolute atomic E-state index is 0.127. The van der Waals surface area contributed by atoms with E-state index >= 15 is 0 Å². The molecule has 5 unspecified atom stereocenters. The van der Waals surface area contributed by atoms with Crippen molar-refractivity contribution in [2.24, 2.45) is 11.5 Å². The SMILES string of the molecule is CC(N)C(=O)NC(CS)C(=O)NC(C(=O)NC(CC(N)=O)C(=O)O)C(C)O. The highest BCUT2D eigenvalue weighted by Gasteiger charge is 2.32. The summed E-state index contributed by atoms with van der Waals surface area (Å²) in [6.07, 6.45) is -2.09. The quantitative estimate of drug-likeness (QED) is 0.158. The van der Waals surface area contributed by atoms with Gasteiger partial charge in [0.15, 0.2) is 0 Å². The molecule has 0 spiro atoms. The van der Waals surface area contributed by atoms with Crippen LogP contribution in [0, 0.1) is 0 Å². The molecule has 0 aliphatic carbocycles. The molecular weight excluding hydrogens is 382 g/mol. The van der Waals surface area contributed by atoms with Crippen molar-refractivity contribution in [2.75, 3.05) is 5.75 Å². The molecule has 0 aromatic carbocycles. The molecule has 9 N–H and O–H groups in total. The van der Waals surface area contributed by atoms with E-state index in [0.29, 0.717) is 0 Å². The fraction of sp³-hybridized carbons (Fsp3) is 0.643. The lowest BCUT2D eigenvalue weighted by molar-refractivity contribution is -0.144. The first-order valence-electron chi connectivity index (χ1n) is 7.87. The minimum Gasteiger partial charge on any atom is -0.480 e. The first-order valence-corrected chi connectivity index (χ1v) is 8.50.